The van der Waals surface area contributed by atoms with E-state index in [1.165, 1.54) is 0 Å². The molecule has 2 rings (SSSR count). The lowest BCUT2D eigenvalue weighted by atomic mass is 10.1. The molecule has 17 heavy (non-hydrogen) atoms. The normalized spacial score (nSPS) is 14.3. The zero-order chi connectivity index (χ0) is 12.3. The molecule has 1 aromatic carbocycles. The molecule has 0 unspecified atom stereocenters. The Morgan fingerprint density at radius 3 is 2.76 bits per heavy atom. The van der Waals surface area contributed by atoms with E-state index in [0.717, 1.165) is 22.8 Å². The summed E-state index contributed by atoms with van der Waals surface area (Å²) in [5, 5.41) is 4.19. The van der Waals surface area contributed by atoms with Gasteiger partial charge in [0.1, 0.15) is 13.2 Å². The molecule has 1 aliphatic heterocycles. The lowest BCUT2D eigenvalue weighted by molar-refractivity contribution is 0.171. The average molecular weight is 251 g/mol. The Bertz CT molecular complexity index is 474. The van der Waals surface area contributed by atoms with E-state index in [1.54, 1.807) is 0 Å². The maximum Gasteiger partial charge on any atom is 0.184 e. The molecule has 0 amide bonds. The fraction of sp³-hybridized carbons (Fsp3) is 0.273. The highest BCUT2D eigenvalue weighted by Gasteiger charge is 2.12. The Hall–Kier alpha value is -1.82. The molecule has 0 bridgehead atoms. The molecule has 1 aromatic rings. The second-order valence-corrected chi connectivity index (χ2v) is 3.97. The minimum absolute atomic E-state index is 0.141. The number of nitrogens with one attached hydrogen (secondary N) is 1. The van der Waals surface area contributed by atoms with Crippen LogP contribution in [-0.4, -0.2) is 24.0 Å². The smallest absolute Gasteiger partial charge is 0.184 e. The van der Waals surface area contributed by atoms with Crippen LogP contribution in [0, 0.1) is 0 Å². The number of hydrogen-bond acceptors (Lipinski definition) is 4. The number of hydrazone groups is 1. The van der Waals surface area contributed by atoms with E-state index in [1.807, 2.05) is 25.1 Å². The number of nitrogens with zero attached hydrogens (tertiary/aromatic N) is 1. The number of hydrogen-bond donors (Lipinski definition) is 2. The molecule has 0 spiro atoms. The van der Waals surface area contributed by atoms with Gasteiger partial charge in [0.15, 0.2) is 16.6 Å². The Morgan fingerprint density at radius 2 is 2.06 bits per heavy atom. The Balaban J connectivity index is 2.21. The largest absolute Gasteiger partial charge is 0.486 e. The molecule has 1 heterocycles. The first-order chi connectivity index (χ1) is 8.16. The van der Waals surface area contributed by atoms with E-state index in [4.69, 9.17) is 15.2 Å². The van der Waals surface area contributed by atoms with Crippen LogP contribution in [0.1, 0.15) is 12.5 Å². The van der Waals surface area contributed by atoms with Crippen molar-refractivity contribution < 1.29 is 9.47 Å². The van der Waals surface area contributed by atoms with Crippen LogP contribution in [0.2, 0.25) is 0 Å². The lowest BCUT2D eigenvalue weighted by Gasteiger charge is -2.18. The van der Waals surface area contributed by atoms with Crippen molar-refractivity contribution >= 4 is 23.0 Å². The second kappa shape index (κ2) is 5.01. The Kier molecular flexibility index (Phi) is 3.43. The van der Waals surface area contributed by atoms with E-state index in [-0.39, 0.29) is 5.11 Å². The van der Waals surface area contributed by atoms with Crippen LogP contribution in [0.4, 0.5) is 0 Å². The van der Waals surface area contributed by atoms with Gasteiger partial charge in [-0.05, 0) is 37.3 Å². The minimum Gasteiger partial charge on any atom is -0.486 e. The minimum atomic E-state index is 0.141. The zero-order valence-electron chi connectivity index (χ0n) is 9.40. The SMILES string of the molecule is CC(=NNC(N)=S)c1ccc2c(c1)OCCO2. The van der Waals surface area contributed by atoms with Crippen molar-refractivity contribution in [1.29, 1.82) is 0 Å². The molecule has 0 radical (unpaired) electrons. The molecule has 0 aromatic heterocycles. The molecule has 0 atom stereocenters. The summed E-state index contributed by atoms with van der Waals surface area (Å²) in [5.41, 5.74) is 9.55. The molecule has 0 saturated heterocycles. The van der Waals surface area contributed by atoms with Crippen molar-refractivity contribution in [3.8, 4) is 11.5 Å². The van der Waals surface area contributed by atoms with E-state index >= 15 is 0 Å². The van der Waals surface area contributed by atoms with Gasteiger partial charge in [0, 0.05) is 5.56 Å². The van der Waals surface area contributed by atoms with Gasteiger partial charge in [0.25, 0.3) is 0 Å². The molecule has 6 heteroatoms. The van der Waals surface area contributed by atoms with Crippen molar-refractivity contribution in [2.45, 2.75) is 6.92 Å². The van der Waals surface area contributed by atoms with Gasteiger partial charge in [0.2, 0.25) is 0 Å². The van der Waals surface area contributed by atoms with Crippen LogP contribution in [0.25, 0.3) is 0 Å². The van der Waals surface area contributed by atoms with Crippen molar-refractivity contribution in [1.82, 2.24) is 5.43 Å². The lowest BCUT2D eigenvalue weighted by Crippen LogP contribution is -2.25. The summed E-state index contributed by atoms with van der Waals surface area (Å²) >= 11 is 4.68. The molecular formula is C11H13N3O2S. The van der Waals surface area contributed by atoms with Gasteiger partial charge >= 0.3 is 0 Å². The van der Waals surface area contributed by atoms with Gasteiger partial charge in [-0.25, -0.2) is 0 Å². The van der Waals surface area contributed by atoms with E-state index in [9.17, 15) is 0 Å². The van der Waals surface area contributed by atoms with Gasteiger partial charge in [-0.15, -0.1) is 0 Å². The Morgan fingerprint density at radius 1 is 1.35 bits per heavy atom. The first-order valence-electron chi connectivity index (χ1n) is 5.16. The quantitative estimate of drug-likeness (QED) is 0.466. The number of ether oxygens (including phenoxy) is 2. The van der Waals surface area contributed by atoms with Gasteiger partial charge in [0.05, 0.1) is 5.71 Å². The zero-order valence-corrected chi connectivity index (χ0v) is 10.2. The third-order valence-corrected chi connectivity index (χ3v) is 2.39. The van der Waals surface area contributed by atoms with Crippen LogP contribution in [0.3, 0.4) is 0 Å². The van der Waals surface area contributed by atoms with Gasteiger partial charge in [-0.1, -0.05) is 0 Å². The van der Waals surface area contributed by atoms with Gasteiger partial charge in [-0.3, -0.25) is 5.43 Å². The number of rotatable bonds is 2. The predicted octanol–water partition coefficient (Wildman–Crippen LogP) is 1.02. The summed E-state index contributed by atoms with van der Waals surface area (Å²) in [6.07, 6.45) is 0. The van der Waals surface area contributed by atoms with Crippen LogP contribution in [0.15, 0.2) is 23.3 Å². The monoisotopic (exact) mass is 251 g/mol. The molecule has 1 aliphatic rings. The summed E-state index contributed by atoms with van der Waals surface area (Å²) in [6, 6.07) is 5.66. The van der Waals surface area contributed by atoms with Crippen molar-refractivity contribution in [3.05, 3.63) is 23.8 Å². The fourth-order valence-corrected chi connectivity index (χ4v) is 1.52. The van der Waals surface area contributed by atoms with E-state index < -0.39 is 0 Å². The predicted molar refractivity (Wildman–Crippen MR) is 69.6 cm³/mol. The maximum atomic E-state index is 5.49. The van der Waals surface area contributed by atoms with Crippen molar-refractivity contribution in [2.24, 2.45) is 10.8 Å². The van der Waals surface area contributed by atoms with Crippen LogP contribution in [0.5, 0.6) is 11.5 Å². The number of benzene rings is 1. The highest BCUT2D eigenvalue weighted by molar-refractivity contribution is 7.80. The molecule has 90 valence electrons. The number of fused-ring (bicyclic) bond motifs is 1. The van der Waals surface area contributed by atoms with Crippen LogP contribution in [-0.2, 0) is 0 Å². The molecule has 5 nitrogen and oxygen atoms in total. The van der Waals surface area contributed by atoms with Crippen molar-refractivity contribution in [2.75, 3.05) is 13.2 Å². The van der Waals surface area contributed by atoms with Gasteiger partial charge in [-0.2, -0.15) is 5.10 Å². The second-order valence-electron chi connectivity index (χ2n) is 3.53. The molecule has 3 N–H and O–H groups in total. The average Bonchev–Trinajstić information content (AvgIpc) is 2.35. The molecule has 0 fully saturated rings. The van der Waals surface area contributed by atoms with Gasteiger partial charge < -0.3 is 15.2 Å². The Labute approximate surface area is 105 Å². The maximum absolute atomic E-state index is 5.49. The molecule has 0 saturated carbocycles. The van der Waals surface area contributed by atoms with E-state index in [0.29, 0.717) is 13.2 Å². The first kappa shape index (κ1) is 11.7. The number of nitrogens with two attached hydrogens (primary N) is 1. The summed E-state index contributed by atoms with van der Waals surface area (Å²) in [6.45, 7) is 3.01. The number of thiocarbonyl (C=S) groups is 1. The third kappa shape index (κ3) is 2.85. The summed E-state index contributed by atoms with van der Waals surface area (Å²) in [5.74, 6) is 1.49. The molecule has 0 aliphatic carbocycles. The van der Waals surface area contributed by atoms with Crippen LogP contribution < -0.4 is 20.6 Å². The standard InChI is InChI=1S/C11H13N3O2S/c1-7(13-14-11(12)17)8-2-3-9-10(6-8)16-5-4-15-9/h2-3,6H,4-5H2,1H3,(H3,12,14,17). The highest BCUT2D eigenvalue weighted by atomic mass is 32.1. The summed E-state index contributed by atoms with van der Waals surface area (Å²) in [7, 11) is 0. The third-order valence-electron chi connectivity index (χ3n) is 2.29. The summed E-state index contributed by atoms with van der Waals surface area (Å²) < 4.78 is 10.9. The summed E-state index contributed by atoms with van der Waals surface area (Å²) in [4.78, 5) is 0. The van der Waals surface area contributed by atoms with Crippen molar-refractivity contribution in [3.63, 3.8) is 0 Å². The van der Waals surface area contributed by atoms with Crippen LogP contribution >= 0.6 is 12.2 Å². The first-order valence-corrected chi connectivity index (χ1v) is 5.57. The fourth-order valence-electron chi connectivity index (χ4n) is 1.47. The molecular weight excluding hydrogens is 238 g/mol. The van der Waals surface area contributed by atoms with E-state index in [2.05, 4.69) is 22.7 Å². The topological polar surface area (TPSA) is 68.9 Å². The highest BCUT2D eigenvalue weighted by Crippen LogP contribution is 2.30.